The Kier molecular flexibility index (Phi) is 5.15. The second-order valence-corrected chi connectivity index (χ2v) is 7.41. The highest BCUT2D eigenvalue weighted by Gasteiger charge is 2.18. The van der Waals surface area contributed by atoms with Crippen LogP contribution in [0.1, 0.15) is 23.1 Å². The smallest absolute Gasteiger partial charge is 0.189 e. The summed E-state index contributed by atoms with van der Waals surface area (Å²) >= 11 is 8.04. The van der Waals surface area contributed by atoms with Crippen molar-refractivity contribution in [3.63, 3.8) is 0 Å². The molecule has 2 heterocycles. The summed E-state index contributed by atoms with van der Waals surface area (Å²) < 4.78 is 11.1. The number of nitrogens with zero attached hydrogens (tertiary/aromatic N) is 1. The number of ether oxygens (including phenoxy) is 2. The van der Waals surface area contributed by atoms with E-state index in [-0.39, 0.29) is 0 Å². The lowest BCUT2D eigenvalue weighted by Crippen LogP contribution is -2.30. The predicted molar refractivity (Wildman–Crippen MR) is 102 cm³/mol. The molecule has 0 aromatic heterocycles. The molecule has 0 bridgehead atoms. The normalized spacial score (nSPS) is 16.4. The highest BCUT2D eigenvalue weighted by Crippen LogP contribution is 2.36. The Morgan fingerprint density at radius 1 is 1.24 bits per heavy atom. The van der Waals surface area contributed by atoms with Crippen molar-refractivity contribution in [2.45, 2.75) is 23.7 Å². The molecule has 0 spiro atoms. The molecule has 0 saturated carbocycles. The Morgan fingerprint density at radius 2 is 2.16 bits per heavy atom. The van der Waals surface area contributed by atoms with Gasteiger partial charge in [-0.1, -0.05) is 29.8 Å². The van der Waals surface area contributed by atoms with Crippen LogP contribution in [0.3, 0.4) is 0 Å². The second kappa shape index (κ2) is 7.68. The van der Waals surface area contributed by atoms with Gasteiger partial charge in [0.2, 0.25) is 0 Å². The fourth-order valence-corrected chi connectivity index (χ4v) is 4.30. The van der Waals surface area contributed by atoms with E-state index in [1.165, 1.54) is 4.90 Å². The molecule has 130 valence electrons. The molecule has 25 heavy (non-hydrogen) atoms. The molecule has 4 rings (SSSR count). The van der Waals surface area contributed by atoms with Crippen molar-refractivity contribution in [2.24, 2.45) is 4.99 Å². The summed E-state index contributed by atoms with van der Waals surface area (Å²) in [4.78, 5) is 5.83. The minimum absolute atomic E-state index is 0.295. The molecule has 0 unspecified atom stereocenters. The number of hydrogen-bond acceptors (Lipinski definition) is 5. The standard InChI is InChI=1S/C19H19ClN2O2S/c20-15-8-13-10-23-12-24-18(13)14(9-15)11-25-17-5-2-1-4-16(17)19-21-6-3-7-22-19/h1-2,4-5,8-9H,3,6-7,10-12H2,(H,21,22). The summed E-state index contributed by atoms with van der Waals surface area (Å²) in [6, 6.07) is 12.3. The Balaban J connectivity index is 1.58. The van der Waals surface area contributed by atoms with Gasteiger partial charge in [-0.25, -0.2) is 0 Å². The molecular weight excluding hydrogens is 356 g/mol. The van der Waals surface area contributed by atoms with Crippen molar-refractivity contribution in [1.29, 1.82) is 0 Å². The van der Waals surface area contributed by atoms with Crippen molar-refractivity contribution in [3.05, 3.63) is 58.1 Å². The van der Waals surface area contributed by atoms with Gasteiger partial charge < -0.3 is 14.8 Å². The first-order valence-corrected chi connectivity index (χ1v) is 9.70. The molecule has 4 nitrogen and oxygen atoms in total. The third kappa shape index (κ3) is 3.78. The lowest BCUT2D eigenvalue weighted by molar-refractivity contribution is -0.0168. The van der Waals surface area contributed by atoms with Crippen molar-refractivity contribution in [3.8, 4) is 5.75 Å². The molecule has 2 aliphatic rings. The summed E-state index contributed by atoms with van der Waals surface area (Å²) in [5, 5.41) is 4.12. The molecule has 1 N–H and O–H groups in total. The van der Waals surface area contributed by atoms with Gasteiger partial charge in [0.05, 0.1) is 6.61 Å². The molecule has 0 aliphatic carbocycles. The number of rotatable bonds is 4. The molecule has 2 aromatic carbocycles. The molecule has 2 aliphatic heterocycles. The molecule has 0 amide bonds. The van der Waals surface area contributed by atoms with Crippen LogP contribution in [0, 0.1) is 0 Å². The number of nitrogens with one attached hydrogen (secondary N) is 1. The van der Waals surface area contributed by atoms with Crippen LogP contribution in [0.4, 0.5) is 0 Å². The van der Waals surface area contributed by atoms with Gasteiger partial charge in [-0.15, -0.1) is 11.8 Å². The van der Waals surface area contributed by atoms with Crippen molar-refractivity contribution in [2.75, 3.05) is 19.9 Å². The van der Waals surface area contributed by atoms with E-state index in [0.29, 0.717) is 13.4 Å². The van der Waals surface area contributed by atoms with E-state index in [1.54, 1.807) is 11.8 Å². The van der Waals surface area contributed by atoms with E-state index in [1.807, 2.05) is 12.1 Å². The van der Waals surface area contributed by atoms with Gasteiger partial charge in [0.1, 0.15) is 11.6 Å². The van der Waals surface area contributed by atoms with Crippen LogP contribution >= 0.6 is 23.4 Å². The zero-order chi connectivity index (χ0) is 17.1. The van der Waals surface area contributed by atoms with E-state index < -0.39 is 0 Å². The van der Waals surface area contributed by atoms with E-state index >= 15 is 0 Å². The molecule has 6 heteroatoms. The number of fused-ring (bicyclic) bond motifs is 1. The minimum Gasteiger partial charge on any atom is -0.467 e. The van der Waals surface area contributed by atoms with Gasteiger partial charge >= 0.3 is 0 Å². The fraction of sp³-hybridized carbons (Fsp3) is 0.316. The van der Waals surface area contributed by atoms with Gasteiger partial charge in [-0.05, 0) is 24.6 Å². The monoisotopic (exact) mass is 374 g/mol. The Labute approximate surface area is 156 Å². The van der Waals surface area contributed by atoms with Crippen LogP contribution in [0.25, 0.3) is 0 Å². The number of hydrogen-bond donors (Lipinski definition) is 1. The van der Waals surface area contributed by atoms with Gasteiger partial charge in [0.25, 0.3) is 0 Å². The average Bonchev–Trinajstić information content (AvgIpc) is 2.67. The van der Waals surface area contributed by atoms with Gasteiger partial charge in [0.15, 0.2) is 6.79 Å². The quantitative estimate of drug-likeness (QED) is 0.813. The zero-order valence-corrected chi connectivity index (χ0v) is 15.3. The average molecular weight is 375 g/mol. The first kappa shape index (κ1) is 16.8. The van der Waals surface area contributed by atoms with Crippen LogP contribution in [0.2, 0.25) is 5.02 Å². The highest BCUT2D eigenvalue weighted by atomic mass is 35.5. The molecule has 0 saturated heterocycles. The maximum Gasteiger partial charge on any atom is 0.189 e. The first-order chi connectivity index (χ1) is 12.3. The van der Waals surface area contributed by atoms with Crippen molar-refractivity contribution in [1.82, 2.24) is 5.32 Å². The molecule has 2 aromatic rings. The third-order valence-corrected chi connectivity index (χ3v) is 5.51. The van der Waals surface area contributed by atoms with Gasteiger partial charge in [-0.3, -0.25) is 4.99 Å². The number of thioether (sulfide) groups is 1. The first-order valence-electron chi connectivity index (χ1n) is 8.33. The topological polar surface area (TPSA) is 42.9 Å². The van der Waals surface area contributed by atoms with Gasteiger partial charge in [0, 0.05) is 45.5 Å². The van der Waals surface area contributed by atoms with Crippen molar-refractivity contribution < 1.29 is 9.47 Å². The second-order valence-electron chi connectivity index (χ2n) is 5.96. The number of halogens is 1. The molecule has 0 atom stereocenters. The van der Waals surface area contributed by atoms with E-state index in [9.17, 15) is 0 Å². The Morgan fingerprint density at radius 3 is 3.04 bits per heavy atom. The van der Waals surface area contributed by atoms with E-state index in [4.69, 9.17) is 21.1 Å². The Bertz CT molecular complexity index is 810. The number of amidine groups is 1. The van der Waals surface area contributed by atoms with Crippen LogP contribution in [0.15, 0.2) is 46.3 Å². The molecular formula is C19H19ClN2O2S. The maximum atomic E-state index is 6.27. The SMILES string of the molecule is Clc1cc2c(c(CSc3ccccc3C3=NCCCN3)c1)OCOC2. The van der Waals surface area contributed by atoms with E-state index in [2.05, 4.69) is 34.6 Å². The van der Waals surface area contributed by atoms with Crippen LogP contribution < -0.4 is 10.1 Å². The largest absolute Gasteiger partial charge is 0.467 e. The van der Waals surface area contributed by atoms with Crippen LogP contribution in [-0.4, -0.2) is 25.7 Å². The number of aliphatic imine (C=N–C) groups is 1. The Hall–Kier alpha value is -1.69. The minimum atomic E-state index is 0.295. The maximum absolute atomic E-state index is 6.27. The fourth-order valence-electron chi connectivity index (χ4n) is 3.02. The summed E-state index contributed by atoms with van der Waals surface area (Å²) in [7, 11) is 0. The lowest BCUT2D eigenvalue weighted by atomic mass is 10.1. The summed E-state index contributed by atoms with van der Waals surface area (Å²) in [5.74, 6) is 2.69. The zero-order valence-electron chi connectivity index (χ0n) is 13.8. The lowest BCUT2D eigenvalue weighted by Gasteiger charge is -2.21. The van der Waals surface area contributed by atoms with Crippen LogP contribution in [-0.2, 0) is 17.1 Å². The summed E-state index contributed by atoms with van der Waals surface area (Å²) in [6.07, 6.45) is 1.09. The summed E-state index contributed by atoms with van der Waals surface area (Å²) in [6.45, 7) is 2.71. The molecule has 0 radical (unpaired) electrons. The third-order valence-electron chi connectivity index (χ3n) is 4.17. The van der Waals surface area contributed by atoms with Crippen molar-refractivity contribution >= 4 is 29.2 Å². The van der Waals surface area contributed by atoms with Gasteiger partial charge in [-0.2, -0.15) is 0 Å². The summed E-state index contributed by atoms with van der Waals surface area (Å²) in [5.41, 5.74) is 3.28. The highest BCUT2D eigenvalue weighted by molar-refractivity contribution is 7.98. The number of benzene rings is 2. The van der Waals surface area contributed by atoms with E-state index in [0.717, 1.165) is 58.6 Å². The van der Waals surface area contributed by atoms with Crippen LogP contribution in [0.5, 0.6) is 5.75 Å². The molecule has 0 fully saturated rings. The predicted octanol–water partition coefficient (Wildman–Crippen LogP) is 4.24.